The summed E-state index contributed by atoms with van der Waals surface area (Å²) in [6.07, 6.45) is -4.68. The Balaban J connectivity index is 2.44. The number of nitriles is 1. The van der Waals surface area contributed by atoms with E-state index in [0.717, 1.165) is 0 Å². The van der Waals surface area contributed by atoms with Crippen LogP contribution in [0.15, 0.2) is 53.5 Å². The topological polar surface area (TPSA) is 107 Å². The molecule has 0 aromatic heterocycles. The van der Waals surface area contributed by atoms with Crippen LogP contribution in [0.4, 0.5) is 23.2 Å². The van der Waals surface area contributed by atoms with Gasteiger partial charge >= 0.3 is 6.18 Å². The summed E-state index contributed by atoms with van der Waals surface area (Å²) in [5.41, 5.74) is -5.93. The Morgan fingerprint density at radius 3 is 2.34 bits per heavy atom. The minimum Gasteiger partial charge on any atom is -0.379 e. The van der Waals surface area contributed by atoms with Gasteiger partial charge in [0.15, 0.2) is 20.7 Å². The average molecular weight is 432 g/mol. The van der Waals surface area contributed by atoms with Gasteiger partial charge in [-0.05, 0) is 31.2 Å². The van der Waals surface area contributed by atoms with Crippen LogP contribution in [-0.4, -0.2) is 42.1 Å². The summed E-state index contributed by atoms with van der Waals surface area (Å²) in [5, 5.41) is 17.6. The fourth-order valence-corrected chi connectivity index (χ4v) is 4.63. The third kappa shape index (κ3) is 4.65. The van der Waals surface area contributed by atoms with E-state index in [2.05, 4.69) is 0 Å². The number of benzene rings is 1. The third-order valence-electron chi connectivity index (χ3n) is 4.24. The molecule has 0 radical (unpaired) electrons. The monoisotopic (exact) mass is 432 g/mol. The first-order valence-corrected chi connectivity index (χ1v) is 9.68. The molecule has 156 valence electrons. The number of carbonyl (C=O) groups excluding carboxylic acids is 1. The number of anilines is 1. The molecule has 3 unspecified atom stereocenters. The van der Waals surface area contributed by atoms with Gasteiger partial charge in [-0.15, -0.1) is 0 Å². The smallest absolute Gasteiger partial charge is 0.379 e. The highest BCUT2D eigenvalue weighted by Crippen LogP contribution is 2.39. The number of nitrogens with one attached hydrogen (secondary N) is 1. The number of hydrogen-bond acceptors (Lipinski definition) is 5. The molecule has 29 heavy (non-hydrogen) atoms. The molecule has 0 saturated carbocycles. The van der Waals surface area contributed by atoms with Crippen molar-refractivity contribution in [3.63, 3.8) is 0 Å². The lowest BCUT2D eigenvalue weighted by molar-refractivity contribution is -0.174. The van der Waals surface area contributed by atoms with Crippen LogP contribution in [-0.2, 0) is 14.6 Å². The summed E-state index contributed by atoms with van der Waals surface area (Å²) in [6.45, 7) is 0.433. The van der Waals surface area contributed by atoms with Crippen molar-refractivity contribution in [3.05, 3.63) is 53.5 Å². The van der Waals surface area contributed by atoms with E-state index >= 15 is 0 Å². The molecule has 2 rings (SSSR count). The van der Waals surface area contributed by atoms with Crippen LogP contribution < -0.4 is 5.32 Å². The molecule has 0 spiro atoms. The van der Waals surface area contributed by atoms with Gasteiger partial charge in [-0.25, -0.2) is 12.8 Å². The highest BCUT2D eigenvalue weighted by Gasteiger charge is 2.62. The van der Waals surface area contributed by atoms with Crippen LogP contribution in [0.3, 0.4) is 0 Å². The standard InChI is InChI=1S/C18H16F4N2O4S/c1-16(26,15(25)24-12-5-3-2-4-6-12)14(18(20,21)22)29(27,28)13-7-9-17(19,11-23)10-8-13/h2-9,14,26H,10H2,1H3,(H,24,25). The highest BCUT2D eigenvalue weighted by atomic mass is 32.2. The molecule has 0 saturated heterocycles. The molecule has 0 aliphatic heterocycles. The first-order chi connectivity index (χ1) is 13.2. The lowest BCUT2D eigenvalue weighted by Gasteiger charge is -2.33. The summed E-state index contributed by atoms with van der Waals surface area (Å²) in [5.74, 6) is -1.59. The molecule has 1 aliphatic carbocycles. The van der Waals surface area contributed by atoms with Crippen LogP contribution in [0.2, 0.25) is 0 Å². The number of rotatable bonds is 5. The zero-order chi connectivity index (χ0) is 22.1. The minimum atomic E-state index is -5.54. The molecule has 0 fully saturated rings. The Hall–Kier alpha value is -2.71. The van der Waals surface area contributed by atoms with Gasteiger partial charge in [0.1, 0.15) is 6.07 Å². The SMILES string of the molecule is CC(O)(C(=O)Nc1ccccc1)C(C(F)(F)F)S(=O)(=O)C1=CCC(F)(C#N)C=C1. The normalized spacial score (nSPS) is 22.7. The van der Waals surface area contributed by atoms with E-state index < -0.39 is 49.8 Å². The second kappa shape index (κ2) is 7.61. The molecule has 0 heterocycles. The first kappa shape index (κ1) is 22.6. The predicted octanol–water partition coefficient (Wildman–Crippen LogP) is 2.80. The van der Waals surface area contributed by atoms with Crippen molar-refractivity contribution in [2.24, 2.45) is 0 Å². The van der Waals surface area contributed by atoms with Gasteiger partial charge < -0.3 is 10.4 Å². The highest BCUT2D eigenvalue weighted by molar-refractivity contribution is 7.96. The number of alkyl halides is 4. The molecule has 1 aromatic carbocycles. The van der Waals surface area contributed by atoms with E-state index in [1.165, 1.54) is 30.3 Å². The van der Waals surface area contributed by atoms with E-state index in [0.29, 0.717) is 25.2 Å². The maximum absolute atomic E-state index is 13.9. The van der Waals surface area contributed by atoms with Crippen LogP contribution >= 0.6 is 0 Å². The number of hydrogen-bond donors (Lipinski definition) is 2. The lowest BCUT2D eigenvalue weighted by Crippen LogP contribution is -2.59. The Morgan fingerprint density at radius 2 is 1.90 bits per heavy atom. The Labute approximate surface area is 164 Å². The van der Waals surface area contributed by atoms with Crippen molar-refractivity contribution in [2.75, 3.05) is 5.32 Å². The molecule has 1 amide bonds. The number of sulfone groups is 1. The van der Waals surface area contributed by atoms with Crippen LogP contribution in [0, 0.1) is 11.3 Å². The number of para-hydroxylation sites is 1. The van der Waals surface area contributed by atoms with Crippen LogP contribution in [0.25, 0.3) is 0 Å². The largest absolute Gasteiger partial charge is 0.409 e. The number of carbonyl (C=O) groups is 1. The number of allylic oxidation sites excluding steroid dienone is 3. The molecule has 2 N–H and O–H groups in total. The van der Waals surface area contributed by atoms with Crippen LogP contribution in [0.5, 0.6) is 0 Å². The quantitative estimate of drug-likeness (QED) is 0.696. The predicted molar refractivity (Wildman–Crippen MR) is 95.8 cm³/mol. The second-order valence-corrected chi connectivity index (χ2v) is 8.59. The molecular weight excluding hydrogens is 416 g/mol. The molecule has 1 aliphatic rings. The van der Waals surface area contributed by atoms with E-state index in [1.807, 2.05) is 5.32 Å². The van der Waals surface area contributed by atoms with Gasteiger partial charge in [0.05, 0.1) is 4.91 Å². The summed E-state index contributed by atoms with van der Waals surface area (Å²) < 4.78 is 80.2. The average Bonchev–Trinajstić information content (AvgIpc) is 2.61. The molecule has 6 nitrogen and oxygen atoms in total. The number of nitrogens with zero attached hydrogens (tertiary/aromatic N) is 1. The van der Waals surface area contributed by atoms with Crippen molar-refractivity contribution in [1.82, 2.24) is 0 Å². The van der Waals surface area contributed by atoms with E-state index in [1.54, 1.807) is 6.07 Å². The maximum atomic E-state index is 13.9. The zero-order valence-corrected chi connectivity index (χ0v) is 15.8. The van der Waals surface area contributed by atoms with Gasteiger partial charge in [-0.1, -0.05) is 24.3 Å². The maximum Gasteiger partial charge on any atom is 0.409 e. The lowest BCUT2D eigenvalue weighted by atomic mass is 9.99. The molecule has 3 atom stereocenters. The summed E-state index contributed by atoms with van der Waals surface area (Å²) in [6, 6.07) is 8.44. The number of aliphatic hydroxyl groups is 1. The van der Waals surface area contributed by atoms with E-state index in [9.17, 15) is 35.9 Å². The Morgan fingerprint density at radius 1 is 1.31 bits per heavy atom. The number of amides is 1. The van der Waals surface area contributed by atoms with Crippen molar-refractivity contribution >= 4 is 21.4 Å². The van der Waals surface area contributed by atoms with Crippen molar-refractivity contribution in [1.29, 1.82) is 5.26 Å². The Bertz CT molecular complexity index is 995. The van der Waals surface area contributed by atoms with Gasteiger partial charge in [-0.3, -0.25) is 4.79 Å². The second-order valence-electron chi connectivity index (χ2n) is 6.55. The summed E-state index contributed by atoms with van der Waals surface area (Å²) >= 11 is 0. The van der Waals surface area contributed by atoms with Gasteiger partial charge in [0.25, 0.3) is 5.91 Å². The molecule has 1 aromatic rings. The van der Waals surface area contributed by atoms with Crippen molar-refractivity contribution in [3.8, 4) is 6.07 Å². The van der Waals surface area contributed by atoms with Gasteiger partial charge in [0, 0.05) is 12.1 Å². The van der Waals surface area contributed by atoms with Gasteiger partial charge in [-0.2, -0.15) is 18.4 Å². The molecule has 11 heteroatoms. The zero-order valence-electron chi connectivity index (χ0n) is 14.9. The third-order valence-corrected chi connectivity index (χ3v) is 6.54. The first-order valence-electron chi connectivity index (χ1n) is 8.13. The fourth-order valence-electron chi connectivity index (χ4n) is 2.72. The van der Waals surface area contributed by atoms with E-state index in [4.69, 9.17) is 5.26 Å². The van der Waals surface area contributed by atoms with Gasteiger partial charge in [0.2, 0.25) is 5.67 Å². The van der Waals surface area contributed by atoms with Crippen LogP contribution in [0.1, 0.15) is 13.3 Å². The Kier molecular flexibility index (Phi) is 5.92. The van der Waals surface area contributed by atoms with E-state index in [-0.39, 0.29) is 5.69 Å². The summed E-state index contributed by atoms with van der Waals surface area (Å²) in [4.78, 5) is 11.4. The molecular formula is C18H16F4N2O4S. The van der Waals surface area contributed by atoms with Crippen molar-refractivity contribution < 1.29 is 35.9 Å². The molecule has 0 bridgehead atoms. The summed E-state index contributed by atoms with van der Waals surface area (Å²) in [7, 11) is -5.37. The number of halogens is 4. The van der Waals surface area contributed by atoms with Crippen molar-refractivity contribution in [2.45, 2.75) is 36.0 Å². The fraction of sp³-hybridized carbons (Fsp3) is 0.333. The minimum absolute atomic E-state index is 0.0455.